The second-order valence-corrected chi connectivity index (χ2v) is 3.69. The number of rotatable bonds is 3. The fourth-order valence-corrected chi connectivity index (χ4v) is 1.66. The summed E-state index contributed by atoms with van der Waals surface area (Å²) in [6.45, 7) is 0. The molecule has 0 unspecified atom stereocenters. The summed E-state index contributed by atoms with van der Waals surface area (Å²) < 4.78 is 12.7. The van der Waals surface area contributed by atoms with E-state index in [0.717, 1.165) is 5.56 Å². The van der Waals surface area contributed by atoms with Crippen LogP contribution in [0.4, 0.5) is 10.1 Å². The minimum absolute atomic E-state index is 0.0943. The van der Waals surface area contributed by atoms with E-state index in [9.17, 15) is 14.5 Å². The standard InChI is InChI=1S/C13H10FNO2/c14-12-7-5-10(6-8-12)9-11-3-1-2-4-13(11)15(16)17/h1-8H,9H2. The highest BCUT2D eigenvalue weighted by Crippen LogP contribution is 2.21. The maximum Gasteiger partial charge on any atom is 0.272 e. The predicted octanol–water partition coefficient (Wildman–Crippen LogP) is 3.32. The van der Waals surface area contributed by atoms with Crippen LogP contribution in [0.1, 0.15) is 11.1 Å². The number of halogens is 1. The molecule has 0 heterocycles. The van der Waals surface area contributed by atoms with Crippen molar-refractivity contribution in [3.05, 3.63) is 75.6 Å². The zero-order valence-corrected chi connectivity index (χ0v) is 8.97. The van der Waals surface area contributed by atoms with E-state index in [1.165, 1.54) is 18.2 Å². The maximum atomic E-state index is 12.7. The molecule has 0 radical (unpaired) electrons. The average Bonchev–Trinajstić information content (AvgIpc) is 2.32. The van der Waals surface area contributed by atoms with E-state index >= 15 is 0 Å². The monoisotopic (exact) mass is 231 g/mol. The highest BCUT2D eigenvalue weighted by molar-refractivity contribution is 5.42. The summed E-state index contributed by atoms with van der Waals surface area (Å²) in [7, 11) is 0. The quantitative estimate of drug-likeness (QED) is 0.600. The Labute approximate surface area is 97.7 Å². The summed E-state index contributed by atoms with van der Waals surface area (Å²) in [5.74, 6) is -0.309. The zero-order valence-electron chi connectivity index (χ0n) is 8.97. The molecule has 0 aromatic heterocycles. The third-order valence-electron chi connectivity index (χ3n) is 2.50. The Kier molecular flexibility index (Phi) is 3.14. The van der Waals surface area contributed by atoms with Gasteiger partial charge in [0.2, 0.25) is 0 Å². The molecule has 4 heteroatoms. The number of nitro groups is 1. The van der Waals surface area contributed by atoms with Gasteiger partial charge in [-0.1, -0.05) is 30.3 Å². The van der Waals surface area contributed by atoms with E-state index in [1.807, 2.05) is 0 Å². The molecule has 0 aliphatic heterocycles. The molecule has 0 amide bonds. The van der Waals surface area contributed by atoms with Crippen molar-refractivity contribution >= 4 is 5.69 Å². The topological polar surface area (TPSA) is 43.1 Å². The summed E-state index contributed by atoms with van der Waals surface area (Å²) >= 11 is 0. The van der Waals surface area contributed by atoms with Crippen molar-refractivity contribution < 1.29 is 9.31 Å². The first-order valence-electron chi connectivity index (χ1n) is 5.13. The van der Waals surface area contributed by atoms with Gasteiger partial charge in [-0.2, -0.15) is 0 Å². The van der Waals surface area contributed by atoms with Crippen molar-refractivity contribution in [1.82, 2.24) is 0 Å². The molecule has 0 saturated carbocycles. The number of benzene rings is 2. The van der Waals surface area contributed by atoms with Gasteiger partial charge in [-0.15, -0.1) is 0 Å². The Bertz CT molecular complexity index is 537. The summed E-state index contributed by atoms with van der Waals surface area (Å²) in [6.07, 6.45) is 0.428. The van der Waals surface area contributed by atoms with E-state index in [1.54, 1.807) is 30.3 Å². The minimum atomic E-state index is -0.404. The van der Waals surface area contributed by atoms with Gasteiger partial charge in [0.05, 0.1) is 4.92 Å². The van der Waals surface area contributed by atoms with E-state index in [4.69, 9.17) is 0 Å². The van der Waals surface area contributed by atoms with Crippen LogP contribution in [0.25, 0.3) is 0 Å². The lowest BCUT2D eigenvalue weighted by Gasteiger charge is -2.03. The van der Waals surface area contributed by atoms with E-state index in [2.05, 4.69) is 0 Å². The second-order valence-electron chi connectivity index (χ2n) is 3.69. The van der Waals surface area contributed by atoms with E-state index < -0.39 is 4.92 Å². The molecular formula is C13H10FNO2. The lowest BCUT2D eigenvalue weighted by Crippen LogP contribution is -1.96. The molecule has 0 fully saturated rings. The summed E-state index contributed by atoms with van der Waals surface area (Å²) in [5.41, 5.74) is 1.57. The largest absolute Gasteiger partial charge is 0.272 e. The van der Waals surface area contributed by atoms with E-state index in [0.29, 0.717) is 12.0 Å². The van der Waals surface area contributed by atoms with Gasteiger partial charge < -0.3 is 0 Å². The van der Waals surface area contributed by atoms with Gasteiger partial charge in [-0.3, -0.25) is 10.1 Å². The average molecular weight is 231 g/mol. The molecule has 2 rings (SSSR count). The molecule has 2 aromatic carbocycles. The molecule has 0 atom stereocenters. The zero-order chi connectivity index (χ0) is 12.3. The molecule has 0 N–H and O–H groups in total. The van der Waals surface area contributed by atoms with Gasteiger partial charge in [-0.25, -0.2) is 4.39 Å². The van der Waals surface area contributed by atoms with Crippen molar-refractivity contribution in [3.63, 3.8) is 0 Å². The fourth-order valence-electron chi connectivity index (χ4n) is 1.66. The number of nitrogens with zero attached hydrogens (tertiary/aromatic N) is 1. The SMILES string of the molecule is O=[N+]([O-])c1ccccc1Cc1ccc(F)cc1. The summed E-state index contributed by atoms with van der Waals surface area (Å²) in [4.78, 5) is 10.4. The van der Waals surface area contributed by atoms with Crippen LogP contribution in [0.15, 0.2) is 48.5 Å². The Morgan fingerprint density at radius 3 is 2.35 bits per heavy atom. The van der Waals surface area contributed by atoms with Crippen LogP contribution in [0, 0.1) is 15.9 Å². The van der Waals surface area contributed by atoms with Crippen LogP contribution in [-0.2, 0) is 6.42 Å². The highest BCUT2D eigenvalue weighted by Gasteiger charge is 2.12. The number of para-hydroxylation sites is 1. The normalized spacial score (nSPS) is 10.2. The number of hydrogen-bond acceptors (Lipinski definition) is 2. The molecule has 0 aliphatic carbocycles. The van der Waals surface area contributed by atoms with Gasteiger partial charge in [-0.05, 0) is 17.7 Å². The van der Waals surface area contributed by atoms with Gasteiger partial charge in [0.25, 0.3) is 5.69 Å². The third-order valence-corrected chi connectivity index (χ3v) is 2.50. The first-order chi connectivity index (χ1) is 8.16. The van der Waals surface area contributed by atoms with Crippen LogP contribution in [0.5, 0.6) is 0 Å². The lowest BCUT2D eigenvalue weighted by molar-refractivity contribution is -0.385. The van der Waals surface area contributed by atoms with Crippen LogP contribution < -0.4 is 0 Å². The van der Waals surface area contributed by atoms with Crippen LogP contribution in [0.3, 0.4) is 0 Å². The molecule has 0 saturated heterocycles. The molecule has 0 spiro atoms. The molecule has 0 aliphatic rings. The minimum Gasteiger partial charge on any atom is -0.258 e. The maximum absolute atomic E-state index is 12.7. The summed E-state index contributed by atoms with van der Waals surface area (Å²) in [6, 6.07) is 12.5. The lowest BCUT2D eigenvalue weighted by atomic mass is 10.0. The highest BCUT2D eigenvalue weighted by atomic mass is 19.1. The fraction of sp³-hybridized carbons (Fsp3) is 0.0769. The van der Waals surface area contributed by atoms with Crippen LogP contribution >= 0.6 is 0 Å². The van der Waals surface area contributed by atoms with Gasteiger partial charge >= 0.3 is 0 Å². The Morgan fingerprint density at radius 1 is 1.06 bits per heavy atom. The van der Waals surface area contributed by atoms with Crippen LogP contribution in [0.2, 0.25) is 0 Å². The second kappa shape index (κ2) is 4.74. The first-order valence-corrected chi connectivity index (χ1v) is 5.13. The van der Waals surface area contributed by atoms with Crippen LogP contribution in [-0.4, -0.2) is 4.92 Å². The smallest absolute Gasteiger partial charge is 0.258 e. The molecule has 17 heavy (non-hydrogen) atoms. The van der Waals surface area contributed by atoms with Gasteiger partial charge in [0.15, 0.2) is 0 Å². The molecule has 86 valence electrons. The molecule has 3 nitrogen and oxygen atoms in total. The van der Waals surface area contributed by atoms with Crippen molar-refractivity contribution in [3.8, 4) is 0 Å². The Hall–Kier alpha value is -2.23. The van der Waals surface area contributed by atoms with Gasteiger partial charge in [0, 0.05) is 18.1 Å². The number of nitro benzene ring substituents is 1. The molecule has 2 aromatic rings. The Balaban J connectivity index is 2.30. The van der Waals surface area contributed by atoms with Crippen molar-refractivity contribution in [2.24, 2.45) is 0 Å². The third kappa shape index (κ3) is 2.66. The summed E-state index contributed by atoms with van der Waals surface area (Å²) in [5, 5.41) is 10.8. The molecule has 0 bridgehead atoms. The van der Waals surface area contributed by atoms with Crippen molar-refractivity contribution in [2.75, 3.05) is 0 Å². The number of hydrogen-bond donors (Lipinski definition) is 0. The van der Waals surface area contributed by atoms with Gasteiger partial charge in [0.1, 0.15) is 5.82 Å². The molecular weight excluding hydrogens is 221 g/mol. The van der Waals surface area contributed by atoms with E-state index in [-0.39, 0.29) is 11.5 Å². The van der Waals surface area contributed by atoms with Crippen molar-refractivity contribution in [1.29, 1.82) is 0 Å². The predicted molar refractivity (Wildman–Crippen MR) is 62.3 cm³/mol. The van der Waals surface area contributed by atoms with Crippen molar-refractivity contribution in [2.45, 2.75) is 6.42 Å². The Morgan fingerprint density at radius 2 is 1.71 bits per heavy atom. The first kappa shape index (κ1) is 11.3.